The molecule has 1 heterocycles. The van der Waals surface area contributed by atoms with Crippen LogP contribution in [0.5, 0.6) is 5.75 Å². The van der Waals surface area contributed by atoms with Gasteiger partial charge in [0.25, 0.3) is 0 Å². The molecule has 2 aliphatic rings. The number of methoxy groups -OCH3 is 1. The van der Waals surface area contributed by atoms with E-state index in [0.717, 1.165) is 37.0 Å². The molecule has 2 unspecified atom stereocenters. The molecule has 2 amide bonds. The van der Waals surface area contributed by atoms with Crippen molar-refractivity contribution >= 4 is 11.8 Å². The van der Waals surface area contributed by atoms with Crippen LogP contribution < -0.4 is 10.1 Å². The van der Waals surface area contributed by atoms with Crippen LogP contribution in [0.2, 0.25) is 0 Å². The minimum atomic E-state index is -0.358. The molecule has 1 N–H and O–H groups in total. The molecule has 30 heavy (non-hydrogen) atoms. The van der Waals surface area contributed by atoms with Crippen LogP contribution in [0.1, 0.15) is 63.5 Å². The first-order valence-corrected chi connectivity index (χ1v) is 11.3. The topological polar surface area (TPSA) is 61.9 Å². The highest BCUT2D eigenvalue weighted by Gasteiger charge is 2.45. The molecule has 1 saturated carbocycles. The molecule has 1 aromatic carbocycles. The number of hydrogen-bond acceptors (Lipinski definition) is 4. The maximum absolute atomic E-state index is 13.3. The molecule has 3 rings (SSSR count). The third kappa shape index (κ3) is 4.64. The zero-order chi connectivity index (χ0) is 21.7. The van der Waals surface area contributed by atoms with E-state index in [-0.39, 0.29) is 35.7 Å². The second kappa shape index (κ2) is 9.82. The Balaban J connectivity index is 1.79. The summed E-state index contributed by atoms with van der Waals surface area (Å²) < 4.78 is 5.28. The Bertz CT molecular complexity index is 726. The number of likely N-dealkylation sites (N-methyl/N-ethyl adjacent to an activating group) is 1. The predicted molar refractivity (Wildman–Crippen MR) is 118 cm³/mol. The Labute approximate surface area is 180 Å². The summed E-state index contributed by atoms with van der Waals surface area (Å²) in [6.07, 6.45) is 6.85. The van der Waals surface area contributed by atoms with Gasteiger partial charge in [0.2, 0.25) is 11.8 Å². The van der Waals surface area contributed by atoms with Crippen LogP contribution in [-0.2, 0) is 9.59 Å². The van der Waals surface area contributed by atoms with E-state index in [9.17, 15) is 9.59 Å². The molecule has 2 fully saturated rings. The summed E-state index contributed by atoms with van der Waals surface area (Å²) in [6.45, 7) is 3.46. The SMILES string of the molecule is CCCCN1C(=O)CC(C(=O)NCC2(N(C)C)CCCC2)C1c1ccc(OC)cc1. The summed E-state index contributed by atoms with van der Waals surface area (Å²) in [4.78, 5) is 30.3. The summed E-state index contributed by atoms with van der Waals surface area (Å²) in [6, 6.07) is 7.57. The molecule has 2 atom stereocenters. The van der Waals surface area contributed by atoms with Crippen molar-refractivity contribution < 1.29 is 14.3 Å². The second-order valence-corrected chi connectivity index (χ2v) is 9.01. The number of likely N-dealkylation sites (tertiary alicyclic amines) is 1. The van der Waals surface area contributed by atoms with E-state index in [2.05, 4.69) is 31.2 Å². The lowest BCUT2D eigenvalue weighted by Gasteiger charge is -2.37. The van der Waals surface area contributed by atoms with E-state index >= 15 is 0 Å². The molecule has 1 aliphatic carbocycles. The number of carbonyl (C=O) groups is 2. The zero-order valence-electron chi connectivity index (χ0n) is 18.9. The second-order valence-electron chi connectivity index (χ2n) is 9.01. The number of nitrogens with zero attached hydrogens (tertiary/aromatic N) is 2. The van der Waals surface area contributed by atoms with Gasteiger partial charge in [0.05, 0.1) is 19.1 Å². The van der Waals surface area contributed by atoms with Crippen molar-refractivity contribution in [2.45, 2.75) is 63.5 Å². The summed E-state index contributed by atoms with van der Waals surface area (Å²) in [5.74, 6) is 0.491. The van der Waals surface area contributed by atoms with Gasteiger partial charge in [-0.2, -0.15) is 0 Å². The number of benzene rings is 1. The minimum Gasteiger partial charge on any atom is -0.497 e. The van der Waals surface area contributed by atoms with Crippen LogP contribution in [0.4, 0.5) is 0 Å². The van der Waals surface area contributed by atoms with Gasteiger partial charge in [0.1, 0.15) is 5.75 Å². The van der Waals surface area contributed by atoms with E-state index in [1.165, 1.54) is 12.8 Å². The molecule has 166 valence electrons. The van der Waals surface area contributed by atoms with Gasteiger partial charge in [0.15, 0.2) is 0 Å². The van der Waals surface area contributed by atoms with Gasteiger partial charge in [-0.1, -0.05) is 38.3 Å². The molecule has 1 saturated heterocycles. The molecule has 0 radical (unpaired) electrons. The smallest absolute Gasteiger partial charge is 0.226 e. The number of amides is 2. The van der Waals surface area contributed by atoms with Crippen molar-refractivity contribution in [3.05, 3.63) is 29.8 Å². The number of unbranched alkanes of at least 4 members (excludes halogenated alkanes) is 1. The molecule has 6 nitrogen and oxygen atoms in total. The number of nitrogens with one attached hydrogen (secondary N) is 1. The molecular weight excluding hydrogens is 378 g/mol. The standard InChI is InChI=1S/C24H37N3O3/c1-5-6-15-27-21(28)16-20(22(27)18-9-11-19(30-4)12-10-18)23(29)25-17-24(26(2)3)13-7-8-14-24/h9-12,20,22H,5-8,13-17H2,1-4H3,(H,25,29). The van der Waals surface area contributed by atoms with Crippen LogP contribution in [0.25, 0.3) is 0 Å². The first-order chi connectivity index (χ1) is 14.4. The highest BCUT2D eigenvalue weighted by atomic mass is 16.5. The van der Waals surface area contributed by atoms with E-state index in [1.54, 1.807) is 7.11 Å². The normalized spacial score (nSPS) is 23.2. The van der Waals surface area contributed by atoms with Gasteiger partial charge in [-0.15, -0.1) is 0 Å². The van der Waals surface area contributed by atoms with Crippen molar-refractivity contribution in [1.29, 1.82) is 0 Å². The van der Waals surface area contributed by atoms with Crippen LogP contribution in [0, 0.1) is 5.92 Å². The number of carbonyl (C=O) groups excluding carboxylic acids is 2. The van der Waals surface area contributed by atoms with Gasteiger partial charge in [-0.05, 0) is 51.1 Å². The van der Waals surface area contributed by atoms with Crippen molar-refractivity contribution in [3.8, 4) is 5.75 Å². The summed E-state index contributed by atoms with van der Waals surface area (Å²) in [5, 5.41) is 3.22. The molecule has 1 aliphatic heterocycles. The largest absolute Gasteiger partial charge is 0.497 e. The molecule has 0 spiro atoms. The predicted octanol–water partition coefficient (Wildman–Crippen LogP) is 3.38. The summed E-state index contributed by atoms with van der Waals surface area (Å²) >= 11 is 0. The Morgan fingerprint density at radius 3 is 2.47 bits per heavy atom. The van der Waals surface area contributed by atoms with Gasteiger partial charge in [-0.25, -0.2) is 0 Å². The lowest BCUT2D eigenvalue weighted by molar-refractivity contribution is -0.129. The summed E-state index contributed by atoms with van der Waals surface area (Å²) in [5.41, 5.74) is 1.04. The average Bonchev–Trinajstić information content (AvgIpc) is 3.36. The van der Waals surface area contributed by atoms with Gasteiger partial charge in [-0.3, -0.25) is 9.59 Å². The fourth-order valence-corrected chi connectivity index (χ4v) is 5.03. The molecule has 6 heteroatoms. The van der Waals surface area contributed by atoms with E-state index < -0.39 is 0 Å². The van der Waals surface area contributed by atoms with Gasteiger partial charge in [0, 0.05) is 25.0 Å². The summed E-state index contributed by atoms with van der Waals surface area (Å²) in [7, 11) is 5.84. The van der Waals surface area contributed by atoms with Crippen LogP contribution in [0.15, 0.2) is 24.3 Å². The van der Waals surface area contributed by atoms with Crippen molar-refractivity contribution in [2.24, 2.45) is 5.92 Å². The number of hydrogen-bond donors (Lipinski definition) is 1. The third-order valence-corrected chi connectivity index (χ3v) is 7.05. The molecule has 1 aromatic rings. The van der Waals surface area contributed by atoms with Crippen LogP contribution >= 0.6 is 0 Å². The number of ether oxygens (including phenoxy) is 1. The van der Waals surface area contributed by atoms with Crippen LogP contribution in [0.3, 0.4) is 0 Å². The van der Waals surface area contributed by atoms with E-state index in [0.29, 0.717) is 13.1 Å². The first-order valence-electron chi connectivity index (χ1n) is 11.3. The van der Waals surface area contributed by atoms with Gasteiger partial charge < -0.3 is 19.9 Å². The fourth-order valence-electron chi connectivity index (χ4n) is 5.03. The molecule has 0 aromatic heterocycles. The number of rotatable bonds is 9. The fraction of sp³-hybridized carbons (Fsp3) is 0.667. The maximum atomic E-state index is 13.3. The minimum absolute atomic E-state index is 0.00343. The Hall–Kier alpha value is -2.08. The maximum Gasteiger partial charge on any atom is 0.226 e. The lowest BCUT2D eigenvalue weighted by atomic mass is 9.91. The third-order valence-electron chi connectivity index (χ3n) is 7.05. The van der Waals surface area contributed by atoms with E-state index in [1.807, 2.05) is 29.2 Å². The van der Waals surface area contributed by atoms with Crippen molar-refractivity contribution in [3.63, 3.8) is 0 Å². The quantitative estimate of drug-likeness (QED) is 0.672. The highest BCUT2D eigenvalue weighted by molar-refractivity contribution is 5.90. The molecule has 0 bridgehead atoms. The Morgan fingerprint density at radius 1 is 1.23 bits per heavy atom. The van der Waals surface area contributed by atoms with Crippen LogP contribution in [-0.4, -0.2) is 61.4 Å². The highest BCUT2D eigenvalue weighted by Crippen LogP contribution is 2.39. The van der Waals surface area contributed by atoms with E-state index in [4.69, 9.17) is 4.74 Å². The van der Waals surface area contributed by atoms with Gasteiger partial charge >= 0.3 is 0 Å². The Morgan fingerprint density at radius 2 is 1.90 bits per heavy atom. The van der Waals surface area contributed by atoms with Crippen molar-refractivity contribution in [2.75, 3.05) is 34.3 Å². The first kappa shape index (κ1) is 22.6. The van der Waals surface area contributed by atoms with Crippen molar-refractivity contribution in [1.82, 2.24) is 15.1 Å². The zero-order valence-corrected chi connectivity index (χ0v) is 18.9. The lowest BCUT2D eigenvalue weighted by Crippen LogP contribution is -2.52. The molecular formula is C24H37N3O3. The Kier molecular flexibility index (Phi) is 7.40. The average molecular weight is 416 g/mol. The monoisotopic (exact) mass is 415 g/mol.